The Bertz CT molecular complexity index is 1150. The molecule has 0 unspecified atom stereocenters. The van der Waals surface area contributed by atoms with Crippen molar-refractivity contribution in [3.63, 3.8) is 0 Å². The number of aromatic nitrogens is 3. The fourth-order valence-corrected chi connectivity index (χ4v) is 3.88. The number of hydrogen-bond donors (Lipinski definition) is 0. The molecule has 2 heterocycles. The number of aryl methyl sites for hydroxylation is 1. The lowest BCUT2D eigenvalue weighted by Gasteiger charge is -2.10. The van der Waals surface area contributed by atoms with Crippen LogP contribution in [0.25, 0.3) is 28.4 Å². The topological polar surface area (TPSA) is 47.9 Å². The molecule has 4 nitrogen and oxygen atoms in total. The van der Waals surface area contributed by atoms with E-state index in [1.807, 2.05) is 43.3 Å². The summed E-state index contributed by atoms with van der Waals surface area (Å²) < 4.78 is 5.79. The number of thiazole rings is 1. The quantitative estimate of drug-likeness (QED) is 0.383. The van der Waals surface area contributed by atoms with Crippen LogP contribution in [0.15, 0.2) is 60.0 Å². The van der Waals surface area contributed by atoms with Gasteiger partial charge in [0.2, 0.25) is 5.88 Å². The Kier molecular flexibility index (Phi) is 5.96. The Balaban J connectivity index is 1.62. The van der Waals surface area contributed by atoms with E-state index < -0.39 is 0 Å². The molecular formula is C24H23N3OS. The van der Waals surface area contributed by atoms with Gasteiger partial charge in [-0.25, -0.2) is 15.0 Å². The zero-order chi connectivity index (χ0) is 20.1. The maximum absolute atomic E-state index is 5.79. The average molecular weight is 402 g/mol. The van der Waals surface area contributed by atoms with Crippen LogP contribution in [0.1, 0.15) is 30.1 Å². The Labute approximate surface area is 175 Å². The van der Waals surface area contributed by atoms with E-state index in [1.165, 1.54) is 5.01 Å². The van der Waals surface area contributed by atoms with Crippen LogP contribution in [0.3, 0.4) is 0 Å². The minimum atomic E-state index is 0.549. The van der Waals surface area contributed by atoms with Gasteiger partial charge in [0.15, 0.2) is 0 Å². The highest BCUT2D eigenvalue weighted by atomic mass is 32.1. The van der Waals surface area contributed by atoms with Crippen LogP contribution in [0.5, 0.6) is 5.88 Å². The van der Waals surface area contributed by atoms with Gasteiger partial charge in [-0.05, 0) is 37.1 Å². The predicted octanol–water partition coefficient (Wildman–Crippen LogP) is 5.97. The van der Waals surface area contributed by atoms with Gasteiger partial charge in [-0.2, -0.15) is 0 Å². The summed E-state index contributed by atoms with van der Waals surface area (Å²) in [6.45, 7) is 4.64. The molecule has 0 saturated heterocycles. The zero-order valence-corrected chi connectivity index (χ0v) is 17.4. The third kappa shape index (κ3) is 4.51. The molecule has 0 radical (unpaired) electrons. The third-order valence-corrected chi connectivity index (χ3v) is 5.56. The van der Waals surface area contributed by atoms with Crippen LogP contribution in [-0.4, -0.2) is 21.6 Å². The molecule has 0 aliphatic carbocycles. The SMILES string of the molecule is CCOc1nc2ccccc2nc1-c1cccc(/C=C/Cc2csc(CC)n2)c1. The van der Waals surface area contributed by atoms with E-state index in [-0.39, 0.29) is 0 Å². The highest BCUT2D eigenvalue weighted by Gasteiger charge is 2.12. The monoisotopic (exact) mass is 401 g/mol. The van der Waals surface area contributed by atoms with Crippen molar-refractivity contribution >= 4 is 28.4 Å². The van der Waals surface area contributed by atoms with Crippen molar-refractivity contribution in [2.75, 3.05) is 6.61 Å². The number of nitrogens with zero attached hydrogens (tertiary/aromatic N) is 3. The minimum absolute atomic E-state index is 0.549. The van der Waals surface area contributed by atoms with Crippen molar-refractivity contribution in [2.24, 2.45) is 0 Å². The molecule has 2 aromatic heterocycles. The molecule has 5 heteroatoms. The molecule has 0 fully saturated rings. The Hall–Kier alpha value is -3.05. The molecule has 0 spiro atoms. The standard InChI is InChI=1S/C24H23N3OS/c1-3-22-25-19(16-29-22)12-8-10-17-9-7-11-18(15-17)23-24(28-4-2)27-21-14-6-5-13-20(21)26-23/h5-11,13-16H,3-4,12H2,1-2H3/b10-8+. The van der Waals surface area contributed by atoms with Crippen molar-refractivity contribution < 1.29 is 4.74 Å². The fourth-order valence-electron chi connectivity index (χ4n) is 3.12. The summed E-state index contributed by atoms with van der Waals surface area (Å²) in [4.78, 5) is 14.1. The fraction of sp³-hybridized carbons (Fsp3) is 0.208. The molecule has 29 heavy (non-hydrogen) atoms. The molecule has 4 rings (SSSR count). The summed E-state index contributed by atoms with van der Waals surface area (Å²) in [7, 11) is 0. The van der Waals surface area contributed by atoms with Gasteiger partial charge in [0.05, 0.1) is 28.3 Å². The maximum Gasteiger partial charge on any atom is 0.241 e. The summed E-state index contributed by atoms with van der Waals surface area (Å²) in [6.07, 6.45) is 6.11. The first kappa shape index (κ1) is 19.3. The third-order valence-electron chi connectivity index (χ3n) is 4.52. The summed E-state index contributed by atoms with van der Waals surface area (Å²) in [6, 6.07) is 16.2. The molecule has 0 amide bonds. The predicted molar refractivity (Wildman–Crippen MR) is 120 cm³/mol. The van der Waals surface area contributed by atoms with E-state index in [4.69, 9.17) is 9.72 Å². The number of fused-ring (bicyclic) bond motifs is 1. The number of rotatable bonds is 7. The van der Waals surface area contributed by atoms with E-state index in [2.05, 4.69) is 46.6 Å². The Morgan fingerprint density at radius 1 is 0.966 bits per heavy atom. The molecule has 0 bridgehead atoms. The van der Waals surface area contributed by atoms with Crippen LogP contribution in [-0.2, 0) is 12.8 Å². The van der Waals surface area contributed by atoms with Gasteiger partial charge < -0.3 is 4.74 Å². The van der Waals surface area contributed by atoms with E-state index in [0.29, 0.717) is 12.5 Å². The van der Waals surface area contributed by atoms with Crippen LogP contribution < -0.4 is 4.74 Å². The highest BCUT2D eigenvalue weighted by molar-refractivity contribution is 7.09. The first-order valence-electron chi connectivity index (χ1n) is 9.86. The molecule has 0 aliphatic rings. The number of ether oxygens (including phenoxy) is 1. The maximum atomic E-state index is 5.79. The van der Waals surface area contributed by atoms with E-state index >= 15 is 0 Å². The molecule has 146 valence electrons. The lowest BCUT2D eigenvalue weighted by Crippen LogP contribution is -2.00. The van der Waals surface area contributed by atoms with Crippen molar-refractivity contribution in [1.82, 2.24) is 15.0 Å². The second-order valence-electron chi connectivity index (χ2n) is 6.62. The smallest absolute Gasteiger partial charge is 0.241 e. The lowest BCUT2D eigenvalue weighted by atomic mass is 10.1. The van der Waals surface area contributed by atoms with Gasteiger partial charge in [-0.3, -0.25) is 0 Å². The molecule has 2 aromatic carbocycles. The summed E-state index contributed by atoms with van der Waals surface area (Å²) in [5.41, 5.74) is 5.71. The Morgan fingerprint density at radius 2 is 1.79 bits per heavy atom. The summed E-state index contributed by atoms with van der Waals surface area (Å²) in [5.74, 6) is 0.571. The summed E-state index contributed by atoms with van der Waals surface area (Å²) >= 11 is 1.73. The molecule has 0 saturated carbocycles. The van der Waals surface area contributed by atoms with Crippen molar-refractivity contribution in [3.05, 3.63) is 76.3 Å². The molecule has 0 aliphatic heterocycles. The van der Waals surface area contributed by atoms with Gasteiger partial charge in [0.1, 0.15) is 5.69 Å². The number of para-hydroxylation sites is 2. The number of benzene rings is 2. The highest BCUT2D eigenvalue weighted by Crippen LogP contribution is 2.29. The van der Waals surface area contributed by atoms with Crippen LogP contribution in [0, 0.1) is 0 Å². The minimum Gasteiger partial charge on any atom is -0.476 e. The summed E-state index contributed by atoms with van der Waals surface area (Å²) in [5, 5.41) is 3.33. The van der Waals surface area contributed by atoms with Gasteiger partial charge in [0, 0.05) is 17.4 Å². The normalized spacial score (nSPS) is 11.4. The van der Waals surface area contributed by atoms with Crippen molar-refractivity contribution in [2.45, 2.75) is 26.7 Å². The van der Waals surface area contributed by atoms with Crippen LogP contribution in [0.2, 0.25) is 0 Å². The second kappa shape index (κ2) is 8.97. The first-order valence-corrected chi connectivity index (χ1v) is 10.7. The molecule has 4 aromatic rings. The van der Waals surface area contributed by atoms with Crippen molar-refractivity contribution in [1.29, 1.82) is 0 Å². The largest absolute Gasteiger partial charge is 0.476 e. The van der Waals surface area contributed by atoms with Crippen molar-refractivity contribution in [3.8, 4) is 17.1 Å². The molecular weight excluding hydrogens is 378 g/mol. The van der Waals surface area contributed by atoms with Crippen LogP contribution >= 0.6 is 11.3 Å². The van der Waals surface area contributed by atoms with Gasteiger partial charge in [0.25, 0.3) is 0 Å². The van der Waals surface area contributed by atoms with Gasteiger partial charge in [-0.1, -0.05) is 49.4 Å². The average Bonchev–Trinajstić information content (AvgIpc) is 3.22. The van der Waals surface area contributed by atoms with E-state index in [0.717, 1.165) is 46.4 Å². The number of hydrogen-bond acceptors (Lipinski definition) is 5. The number of allylic oxidation sites excluding steroid dienone is 1. The molecule has 0 atom stereocenters. The second-order valence-corrected chi connectivity index (χ2v) is 7.56. The van der Waals surface area contributed by atoms with Gasteiger partial charge in [-0.15, -0.1) is 11.3 Å². The van der Waals surface area contributed by atoms with Crippen LogP contribution in [0.4, 0.5) is 0 Å². The Morgan fingerprint density at radius 3 is 2.55 bits per heavy atom. The zero-order valence-electron chi connectivity index (χ0n) is 16.6. The van der Waals surface area contributed by atoms with Gasteiger partial charge >= 0.3 is 0 Å². The van der Waals surface area contributed by atoms with E-state index in [1.54, 1.807) is 11.3 Å². The first-order chi connectivity index (χ1) is 14.3. The molecule has 0 N–H and O–H groups in total. The lowest BCUT2D eigenvalue weighted by molar-refractivity contribution is 0.328. The van der Waals surface area contributed by atoms with E-state index in [9.17, 15) is 0 Å².